The predicted octanol–water partition coefficient (Wildman–Crippen LogP) is 3.83. The van der Waals surface area contributed by atoms with E-state index in [9.17, 15) is 9.18 Å². The summed E-state index contributed by atoms with van der Waals surface area (Å²) < 4.78 is 23.8. The van der Waals surface area contributed by atoms with Gasteiger partial charge in [0.2, 0.25) is 5.76 Å². The van der Waals surface area contributed by atoms with Crippen molar-refractivity contribution in [3.63, 3.8) is 0 Å². The van der Waals surface area contributed by atoms with Gasteiger partial charge in [-0.2, -0.15) is 0 Å². The van der Waals surface area contributed by atoms with Crippen molar-refractivity contribution in [1.82, 2.24) is 4.90 Å². The molecule has 0 radical (unpaired) electrons. The van der Waals surface area contributed by atoms with Gasteiger partial charge in [-0.1, -0.05) is 13.8 Å². The monoisotopic (exact) mass is 319 g/mol. The lowest BCUT2D eigenvalue weighted by atomic mass is 9.94. The summed E-state index contributed by atoms with van der Waals surface area (Å²) in [5.41, 5.74) is 0.560. The molecule has 2 rings (SSSR count). The fourth-order valence-corrected chi connectivity index (χ4v) is 2.45. The third-order valence-electron chi connectivity index (χ3n) is 3.27. The highest BCUT2D eigenvalue weighted by Crippen LogP contribution is 2.23. The van der Waals surface area contributed by atoms with Crippen molar-refractivity contribution in [3.05, 3.63) is 48.0 Å². The summed E-state index contributed by atoms with van der Waals surface area (Å²) in [6, 6.07) is 9.14. The first-order chi connectivity index (χ1) is 10.8. The van der Waals surface area contributed by atoms with E-state index in [1.807, 2.05) is 32.8 Å². The number of furan rings is 1. The number of halogens is 1. The summed E-state index contributed by atoms with van der Waals surface area (Å²) in [5, 5.41) is 0. The second-order valence-corrected chi connectivity index (χ2v) is 6.65. The number of benzene rings is 1. The third-order valence-corrected chi connectivity index (χ3v) is 3.27. The van der Waals surface area contributed by atoms with Gasteiger partial charge >= 0.3 is 5.97 Å². The molecule has 0 aliphatic carbocycles. The molecule has 0 amide bonds. The van der Waals surface area contributed by atoms with Gasteiger partial charge in [0, 0.05) is 17.5 Å². The van der Waals surface area contributed by atoms with Crippen LogP contribution in [0.5, 0.6) is 0 Å². The van der Waals surface area contributed by atoms with Gasteiger partial charge < -0.3 is 14.1 Å². The fraction of sp³-hybridized carbons (Fsp3) is 0.389. The van der Waals surface area contributed by atoms with Crippen LogP contribution in [0.1, 0.15) is 24.4 Å². The fourth-order valence-electron chi connectivity index (χ4n) is 2.45. The first-order valence-electron chi connectivity index (χ1n) is 7.44. The van der Waals surface area contributed by atoms with Gasteiger partial charge in [0.05, 0.1) is 6.61 Å². The molecule has 1 aromatic carbocycles. The van der Waals surface area contributed by atoms with Gasteiger partial charge in [0.1, 0.15) is 11.6 Å². The number of hydrogen-bond donors (Lipinski definition) is 0. The van der Waals surface area contributed by atoms with E-state index in [1.165, 1.54) is 12.1 Å². The highest BCUT2D eigenvalue weighted by atomic mass is 19.1. The number of carbonyl (C=O) groups is 1. The van der Waals surface area contributed by atoms with E-state index in [0.29, 0.717) is 17.9 Å². The first kappa shape index (κ1) is 17.2. The van der Waals surface area contributed by atoms with Crippen molar-refractivity contribution in [1.29, 1.82) is 0 Å². The van der Waals surface area contributed by atoms with Gasteiger partial charge in [-0.3, -0.25) is 0 Å². The first-order valence-corrected chi connectivity index (χ1v) is 7.44. The van der Waals surface area contributed by atoms with Crippen molar-refractivity contribution in [2.45, 2.75) is 13.8 Å². The minimum Gasteiger partial charge on any atom is -0.459 e. The Hall–Kier alpha value is -2.14. The van der Waals surface area contributed by atoms with Crippen LogP contribution in [-0.4, -0.2) is 38.1 Å². The molecule has 0 atom stereocenters. The number of hydrogen-bond acceptors (Lipinski definition) is 4. The normalized spacial score (nSPS) is 11.7. The summed E-state index contributed by atoms with van der Waals surface area (Å²) in [7, 11) is 3.95. The molecular weight excluding hydrogens is 297 g/mol. The van der Waals surface area contributed by atoms with Crippen LogP contribution in [0.4, 0.5) is 4.39 Å². The number of esters is 1. The Balaban J connectivity index is 2.00. The van der Waals surface area contributed by atoms with Gasteiger partial charge in [-0.15, -0.1) is 0 Å². The zero-order valence-corrected chi connectivity index (χ0v) is 13.9. The van der Waals surface area contributed by atoms with Gasteiger partial charge in [-0.05, 0) is 50.5 Å². The maximum atomic E-state index is 12.9. The van der Waals surface area contributed by atoms with E-state index >= 15 is 0 Å². The smallest absolute Gasteiger partial charge is 0.374 e. The number of carbonyl (C=O) groups excluding carboxylic acids is 1. The molecule has 2 aromatic rings. The largest absolute Gasteiger partial charge is 0.459 e. The van der Waals surface area contributed by atoms with Crippen LogP contribution in [0.25, 0.3) is 11.3 Å². The standard InChI is InChI=1S/C18H22FNO3/c1-18(2,11-20(3)4)12-22-17(21)16-10-9-15(23-16)13-5-7-14(19)8-6-13/h5-10H,11-12H2,1-4H3. The topological polar surface area (TPSA) is 42.7 Å². The Bertz CT molecular complexity index is 659. The maximum Gasteiger partial charge on any atom is 0.374 e. The Kier molecular flexibility index (Phi) is 5.21. The SMILES string of the molecule is CN(C)CC(C)(C)COC(=O)c1ccc(-c2ccc(F)cc2)o1. The average Bonchev–Trinajstić information content (AvgIpc) is 2.94. The maximum absolute atomic E-state index is 12.9. The zero-order chi connectivity index (χ0) is 17.0. The van der Waals surface area contributed by atoms with Crippen LogP contribution in [0.2, 0.25) is 0 Å². The van der Waals surface area contributed by atoms with Gasteiger partial charge in [0.25, 0.3) is 0 Å². The minimum absolute atomic E-state index is 0.143. The summed E-state index contributed by atoms with van der Waals surface area (Å²) in [5.74, 6) is -0.164. The van der Waals surface area contributed by atoms with Crippen LogP contribution < -0.4 is 0 Å². The van der Waals surface area contributed by atoms with Crippen LogP contribution in [0, 0.1) is 11.2 Å². The lowest BCUT2D eigenvalue weighted by Crippen LogP contribution is -2.33. The molecular formula is C18H22FNO3. The molecule has 0 N–H and O–H groups in total. The quantitative estimate of drug-likeness (QED) is 0.759. The molecule has 1 heterocycles. The van der Waals surface area contributed by atoms with Crippen molar-refractivity contribution in [2.24, 2.45) is 5.41 Å². The summed E-state index contributed by atoms with van der Waals surface area (Å²) in [6.45, 7) is 5.18. The molecule has 5 heteroatoms. The Labute approximate surface area is 135 Å². The second kappa shape index (κ2) is 6.96. The van der Waals surface area contributed by atoms with Crippen LogP contribution in [0.15, 0.2) is 40.8 Å². The zero-order valence-electron chi connectivity index (χ0n) is 13.9. The molecule has 124 valence electrons. The van der Waals surface area contributed by atoms with E-state index in [4.69, 9.17) is 9.15 Å². The summed E-state index contributed by atoms with van der Waals surface area (Å²) in [4.78, 5) is 14.1. The number of rotatable bonds is 6. The van der Waals surface area contributed by atoms with E-state index in [-0.39, 0.29) is 17.0 Å². The van der Waals surface area contributed by atoms with Crippen molar-refractivity contribution < 1.29 is 18.3 Å². The number of nitrogens with zero attached hydrogens (tertiary/aromatic N) is 1. The van der Waals surface area contributed by atoms with Gasteiger partial charge in [-0.25, -0.2) is 9.18 Å². The molecule has 0 unspecified atom stereocenters. The molecule has 0 spiro atoms. The molecule has 0 saturated carbocycles. The van der Waals surface area contributed by atoms with Crippen molar-refractivity contribution in [3.8, 4) is 11.3 Å². The molecule has 0 aliphatic rings. The summed E-state index contributed by atoms with van der Waals surface area (Å²) in [6.07, 6.45) is 0. The van der Waals surface area contributed by atoms with Crippen LogP contribution >= 0.6 is 0 Å². The van der Waals surface area contributed by atoms with Gasteiger partial charge in [0.15, 0.2) is 0 Å². The Morgan fingerprint density at radius 3 is 2.43 bits per heavy atom. The van der Waals surface area contributed by atoms with E-state index in [0.717, 1.165) is 6.54 Å². The second-order valence-electron chi connectivity index (χ2n) is 6.65. The molecule has 0 aliphatic heterocycles. The lowest BCUT2D eigenvalue weighted by Gasteiger charge is -2.27. The molecule has 4 nitrogen and oxygen atoms in total. The van der Waals surface area contributed by atoms with Crippen molar-refractivity contribution >= 4 is 5.97 Å². The van der Waals surface area contributed by atoms with E-state index in [2.05, 4.69) is 0 Å². The van der Waals surface area contributed by atoms with Crippen LogP contribution in [0.3, 0.4) is 0 Å². The molecule has 23 heavy (non-hydrogen) atoms. The number of ether oxygens (including phenoxy) is 1. The molecule has 0 bridgehead atoms. The third kappa shape index (κ3) is 4.93. The van der Waals surface area contributed by atoms with E-state index in [1.54, 1.807) is 24.3 Å². The predicted molar refractivity (Wildman–Crippen MR) is 86.7 cm³/mol. The Morgan fingerprint density at radius 1 is 1.17 bits per heavy atom. The highest BCUT2D eigenvalue weighted by Gasteiger charge is 2.23. The molecule has 0 saturated heterocycles. The van der Waals surface area contributed by atoms with E-state index < -0.39 is 5.97 Å². The Morgan fingerprint density at radius 2 is 1.83 bits per heavy atom. The van der Waals surface area contributed by atoms with Crippen LogP contribution in [-0.2, 0) is 4.74 Å². The molecule has 0 fully saturated rings. The lowest BCUT2D eigenvalue weighted by molar-refractivity contribution is 0.0266. The highest BCUT2D eigenvalue weighted by molar-refractivity contribution is 5.87. The average molecular weight is 319 g/mol. The molecule has 1 aromatic heterocycles. The summed E-state index contributed by atoms with van der Waals surface area (Å²) >= 11 is 0. The minimum atomic E-state index is -0.495. The van der Waals surface area contributed by atoms with Crippen molar-refractivity contribution in [2.75, 3.05) is 27.2 Å².